The summed E-state index contributed by atoms with van der Waals surface area (Å²) in [6.07, 6.45) is 0. The molecular weight excluding hydrogens is 256 g/mol. The zero-order valence-electron chi connectivity index (χ0n) is 10.9. The van der Waals surface area contributed by atoms with Crippen LogP contribution in [0.3, 0.4) is 0 Å². The maximum atomic E-state index is 12.0. The van der Waals surface area contributed by atoms with E-state index in [0.717, 1.165) is 21.8 Å². The minimum absolute atomic E-state index is 0.0361. The van der Waals surface area contributed by atoms with Gasteiger partial charge in [0.1, 0.15) is 11.5 Å². The molecule has 3 nitrogen and oxygen atoms in total. The number of likely N-dealkylation sites (N-methyl/N-ethyl adjacent to an activating group) is 1. The van der Waals surface area contributed by atoms with Gasteiger partial charge in [-0.05, 0) is 13.0 Å². The van der Waals surface area contributed by atoms with Crippen molar-refractivity contribution >= 4 is 28.0 Å². The Balaban J connectivity index is 2.20. The van der Waals surface area contributed by atoms with Crippen molar-refractivity contribution < 1.29 is 4.79 Å². The lowest BCUT2D eigenvalue weighted by atomic mass is 10.0. The Morgan fingerprint density at radius 3 is 2.74 bits per heavy atom. The van der Waals surface area contributed by atoms with Crippen molar-refractivity contribution in [3.05, 3.63) is 52.4 Å². The molecule has 19 heavy (non-hydrogen) atoms. The van der Waals surface area contributed by atoms with Crippen LogP contribution in [0, 0.1) is 6.92 Å². The van der Waals surface area contributed by atoms with E-state index in [2.05, 4.69) is 18.0 Å². The summed E-state index contributed by atoms with van der Waals surface area (Å²) < 4.78 is 0. The monoisotopic (exact) mass is 270 g/mol. The molecule has 0 bridgehead atoms. The second kappa shape index (κ2) is 4.63. The molecule has 0 atom stereocenters. The normalized spacial score (nSPS) is 14.9. The van der Waals surface area contributed by atoms with E-state index < -0.39 is 0 Å². The Labute approximate surface area is 116 Å². The van der Waals surface area contributed by atoms with E-state index in [-0.39, 0.29) is 12.5 Å². The lowest BCUT2D eigenvalue weighted by Crippen LogP contribution is -2.26. The largest absolute Gasteiger partial charge is 0.305 e. The standard InChI is InChI=1S/C15H14N2OS/c1-10-8-12-14(11-6-4-3-5-7-11)16-9-13(18)17(2)15(12)19-10/h3-8H,9H2,1-2H3. The molecule has 3 rings (SSSR count). The zero-order valence-corrected chi connectivity index (χ0v) is 11.7. The second-order valence-corrected chi connectivity index (χ2v) is 5.79. The molecule has 1 aliphatic rings. The molecule has 2 aromatic rings. The van der Waals surface area contributed by atoms with Crippen LogP contribution in [0.1, 0.15) is 16.0 Å². The van der Waals surface area contributed by atoms with Gasteiger partial charge in [-0.25, -0.2) is 0 Å². The van der Waals surface area contributed by atoms with Gasteiger partial charge in [-0.1, -0.05) is 30.3 Å². The van der Waals surface area contributed by atoms with E-state index in [9.17, 15) is 4.79 Å². The van der Waals surface area contributed by atoms with E-state index in [1.54, 1.807) is 16.2 Å². The lowest BCUT2D eigenvalue weighted by molar-refractivity contribution is -0.116. The van der Waals surface area contributed by atoms with Gasteiger partial charge in [0.2, 0.25) is 5.91 Å². The fraction of sp³-hybridized carbons (Fsp3) is 0.200. The van der Waals surface area contributed by atoms with Gasteiger partial charge in [-0.2, -0.15) is 0 Å². The number of amides is 1. The molecule has 0 saturated heterocycles. The Hall–Kier alpha value is -1.94. The fourth-order valence-corrected chi connectivity index (χ4v) is 3.20. The highest BCUT2D eigenvalue weighted by molar-refractivity contribution is 7.16. The third-order valence-corrected chi connectivity index (χ3v) is 4.32. The van der Waals surface area contributed by atoms with Crippen LogP contribution in [0.15, 0.2) is 41.4 Å². The molecule has 96 valence electrons. The molecule has 0 aliphatic carbocycles. The van der Waals surface area contributed by atoms with E-state index >= 15 is 0 Å². The summed E-state index contributed by atoms with van der Waals surface area (Å²) in [5, 5.41) is 0.989. The van der Waals surface area contributed by atoms with Crippen molar-refractivity contribution in [3.8, 4) is 0 Å². The second-order valence-electron chi connectivity index (χ2n) is 4.56. The van der Waals surface area contributed by atoms with Crippen LogP contribution in [0.5, 0.6) is 0 Å². The summed E-state index contributed by atoms with van der Waals surface area (Å²) in [5.74, 6) is 0.0361. The van der Waals surface area contributed by atoms with Crippen LogP contribution in [0.25, 0.3) is 0 Å². The quantitative estimate of drug-likeness (QED) is 0.784. The van der Waals surface area contributed by atoms with Gasteiger partial charge in [0.05, 0.1) is 5.71 Å². The summed E-state index contributed by atoms with van der Waals surface area (Å²) in [5.41, 5.74) is 3.03. The number of carbonyl (C=O) groups excluding carboxylic acids is 1. The number of benzene rings is 1. The minimum Gasteiger partial charge on any atom is -0.305 e. The SMILES string of the molecule is Cc1cc2c(s1)N(C)C(=O)CN=C2c1ccccc1. The molecule has 4 heteroatoms. The maximum Gasteiger partial charge on any atom is 0.249 e. The molecule has 1 aromatic carbocycles. The van der Waals surface area contributed by atoms with E-state index in [0.29, 0.717) is 0 Å². The number of aryl methyl sites for hydroxylation is 1. The molecule has 1 aliphatic heterocycles. The molecular formula is C15H14N2OS. The molecule has 1 aromatic heterocycles. The first-order chi connectivity index (χ1) is 9.16. The van der Waals surface area contributed by atoms with Crippen LogP contribution in [0.4, 0.5) is 5.00 Å². The summed E-state index contributed by atoms with van der Waals surface area (Å²) in [4.78, 5) is 19.4. The Morgan fingerprint density at radius 1 is 1.26 bits per heavy atom. The van der Waals surface area contributed by atoms with E-state index in [1.165, 1.54) is 4.88 Å². The summed E-state index contributed by atoms with van der Waals surface area (Å²) in [6.45, 7) is 2.27. The molecule has 2 heterocycles. The Morgan fingerprint density at radius 2 is 2.00 bits per heavy atom. The molecule has 0 fully saturated rings. The van der Waals surface area contributed by atoms with Gasteiger partial charge in [0, 0.05) is 23.1 Å². The van der Waals surface area contributed by atoms with Crippen molar-refractivity contribution in [3.63, 3.8) is 0 Å². The number of anilines is 1. The number of nitrogens with zero attached hydrogens (tertiary/aromatic N) is 2. The molecule has 0 unspecified atom stereocenters. The average molecular weight is 270 g/mol. The lowest BCUT2D eigenvalue weighted by Gasteiger charge is -2.13. The smallest absolute Gasteiger partial charge is 0.249 e. The van der Waals surface area contributed by atoms with Gasteiger partial charge < -0.3 is 4.90 Å². The minimum atomic E-state index is 0.0361. The number of carbonyl (C=O) groups is 1. The van der Waals surface area contributed by atoms with Crippen molar-refractivity contribution in [2.45, 2.75) is 6.92 Å². The number of aliphatic imine (C=N–C) groups is 1. The van der Waals surface area contributed by atoms with Crippen molar-refractivity contribution in [1.29, 1.82) is 0 Å². The van der Waals surface area contributed by atoms with Gasteiger partial charge in [-0.3, -0.25) is 9.79 Å². The van der Waals surface area contributed by atoms with Crippen LogP contribution >= 0.6 is 11.3 Å². The van der Waals surface area contributed by atoms with Crippen molar-refractivity contribution in [2.24, 2.45) is 4.99 Å². The first-order valence-electron chi connectivity index (χ1n) is 6.14. The Kier molecular flexibility index (Phi) is 2.95. The van der Waals surface area contributed by atoms with Crippen molar-refractivity contribution in [1.82, 2.24) is 0 Å². The molecule has 0 spiro atoms. The molecule has 0 N–H and O–H groups in total. The predicted octanol–water partition coefficient (Wildman–Crippen LogP) is 2.87. The first-order valence-corrected chi connectivity index (χ1v) is 6.95. The van der Waals surface area contributed by atoms with Gasteiger partial charge in [0.15, 0.2) is 0 Å². The van der Waals surface area contributed by atoms with Gasteiger partial charge in [0.25, 0.3) is 0 Å². The van der Waals surface area contributed by atoms with Gasteiger partial charge >= 0.3 is 0 Å². The highest BCUT2D eigenvalue weighted by atomic mass is 32.1. The first kappa shape index (κ1) is 12.1. The summed E-state index contributed by atoms with van der Waals surface area (Å²) in [7, 11) is 1.82. The highest BCUT2D eigenvalue weighted by Gasteiger charge is 2.24. The zero-order chi connectivity index (χ0) is 13.4. The summed E-state index contributed by atoms with van der Waals surface area (Å²) in [6, 6.07) is 12.1. The number of hydrogen-bond donors (Lipinski definition) is 0. The predicted molar refractivity (Wildman–Crippen MR) is 79.4 cm³/mol. The Bertz CT molecular complexity index is 658. The van der Waals surface area contributed by atoms with Crippen LogP contribution in [0.2, 0.25) is 0 Å². The number of hydrogen-bond acceptors (Lipinski definition) is 3. The molecule has 0 saturated carbocycles. The third-order valence-electron chi connectivity index (χ3n) is 3.19. The van der Waals surface area contributed by atoms with Gasteiger partial charge in [-0.15, -0.1) is 11.3 Å². The van der Waals surface area contributed by atoms with Crippen LogP contribution < -0.4 is 4.90 Å². The molecule has 1 amide bonds. The number of rotatable bonds is 1. The number of fused-ring (bicyclic) bond motifs is 1. The van der Waals surface area contributed by atoms with E-state index in [1.807, 2.05) is 37.4 Å². The van der Waals surface area contributed by atoms with E-state index in [4.69, 9.17) is 0 Å². The summed E-state index contributed by atoms with van der Waals surface area (Å²) >= 11 is 1.64. The van der Waals surface area contributed by atoms with Crippen LogP contribution in [-0.4, -0.2) is 25.2 Å². The highest BCUT2D eigenvalue weighted by Crippen LogP contribution is 2.34. The average Bonchev–Trinajstić information content (AvgIpc) is 2.76. The maximum absolute atomic E-state index is 12.0. The van der Waals surface area contributed by atoms with Crippen LogP contribution in [-0.2, 0) is 4.79 Å². The molecule has 0 radical (unpaired) electrons. The third kappa shape index (κ3) is 2.08. The fourth-order valence-electron chi connectivity index (χ4n) is 2.21. The van der Waals surface area contributed by atoms with Crippen molar-refractivity contribution in [2.75, 3.05) is 18.5 Å². The topological polar surface area (TPSA) is 32.7 Å². The number of thiophene rings is 1.